The van der Waals surface area contributed by atoms with Gasteiger partial charge in [-0.1, -0.05) is 111 Å². The van der Waals surface area contributed by atoms with Crippen LogP contribution in [0.15, 0.2) is 47.6 Å². The fraction of sp³-hybridized carbons (Fsp3) is 0.780. The lowest BCUT2D eigenvalue weighted by Crippen LogP contribution is -2.59. The molecule has 1 amide bonds. The minimum Gasteiger partial charge on any atom is -0.460 e. The molecule has 1 aliphatic carbocycles. The molecule has 12 heteroatoms. The van der Waals surface area contributed by atoms with E-state index in [1.807, 2.05) is 71.9 Å². The number of ether oxygens (including phenoxy) is 4. The summed E-state index contributed by atoms with van der Waals surface area (Å²) in [7, 11) is 1.28. The van der Waals surface area contributed by atoms with Crippen LogP contribution in [0.25, 0.3) is 0 Å². The van der Waals surface area contributed by atoms with Gasteiger partial charge in [0, 0.05) is 57.5 Å². The maximum Gasteiger partial charge on any atom is 0.329 e. The largest absolute Gasteiger partial charge is 0.460 e. The van der Waals surface area contributed by atoms with E-state index in [1.165, 1.54) is 4.90 Å². The fourth-order valence-corrected chi connectivity index (χ4v) is 12.8. The van der Waals surface area contributed by atoms with E-state index in [1.54, 1.807) is 21.1 Å². The molecule has 15 atom stereocenters. The van der Waals surface area contributed by atoms with Crippen molar-refractivity contribution >= 4 is 37.5 Å². The second-order valence-electron chi connectivity index (χ2n) is 24.4. The maximum atomic E-state index is 14.7. The number of hydrogen-bond acceptors (Lipinski definition) is 10. The molecule has 1 saturated carbocycles. The van der Waals surface area contributed by atoms with E-state index in [0.29, 0.717) is 56.8 Å². The van der Waals surface area contributed by atoms with E-state index >= 15 is 0 Å². The Morgan fingerprint density at radius 3 is 2.17 bits per heavy atom. The monoisotopic (exact) mass is 1010 g/mol. The summed E-state index contributed by atoms with van der Waals surface area (Å²) in [5.41, 5.74) is 0.477. The molecule has 0 aromatic heterocycles. The molecule has 0 aromatic carbocycles. The number of esters is 1. The van der Waals surface area contributed by atoms with Crippen molar-refractivity contribution in [3.05, 3.63) is 47.6 Å². The van der Waals surface area contributed by atoms with Gasteiger partial charge < -0.3 is 28.3 Å². The first kappa shape index (κ1) is 60.5. The first-order chi connectivity index (χ1) is 33.1. The van der Waals surface area contributed by atoms with E-state index in [4.69, 9.17) is 23.4 Å². The van der Waals surface area contributed by atoms with Crippen LogP contribution in [0.4, 0.5) is 0 Å². The van der Waals surface area contributed by atoms with Crippen molar-refractivity contribution in [1.82, 2.24) is 4.90 Å². The Bertz CT molecular complexity index is 1950. The van der Waals surface area contributed by atoms with Gasteiger partial charge in [0.2, 0.25) is 0 Å². The minimum absolute atomic E-state index is 0.00256. The Labute approximate surface area is 431 Å². The van der Waals surface area contributed by atoms with Gasteiger partial charge in [-0.15, -0.1) is 0 Å². The molecule has 3 aliphatic heterocycles. The number of hydrogen-bond donors (Lipinski definition) is 0. The van der Waals surface area contributed by atoms with E-state index in [-0.39, 0.29) is 77.5 Å². The van der Waals surface area contributed by atoms with Gasteiger partial charge in [-0.25, -0.2) is 4.79 Å². The van der Waals surface area contributed by atoms with Crippen LogP contribution in [-0.4, -0.2) is 105 Å². The summed E-state index contributed by atoms with van der Waals surface area (Å²) >= 11 is 0. The van der Waals surface area contributed by atoms with Crippen LogP contribution in [-0.2, 0) is 47.3 Å². The van der Waals surface area contributed by atoms with E-state index < -0.39 is 55.7 Å². The smallest absolute Gasteiger partial charge is 0.329 e. The van der Waals surface area contributed by atoms with Crippen LogP contribution in [0.1, 0.15) is 167 Å². The van der Waals surface area contributed by atoms with Crippen LogP contribution in [0.3, 0.4) is 0 Å². The number of rotatable bonds is 7. The Hall–Kier alpha value is -3.03. The van der Waals surface area contributed by atoms with Crippen molar-refractivity contribution in [3.8, 4) is 0 Å². The molecule has 2 bridgehead atoms. The lowest BCUT2D eigenvalue weighted by atomic mass is 9.75. The van der Waals surface area contributed by atoms with E-state index in [0.717, 1.165) is 36.8 Å². The molecule has 0 aromatic rings. The second-order valence-corrected chi connectivity index (χ2v) is 29.2. The molecule has 402 valence electrons. The SMILES string of the molecule is CO[C@H]1C[C@@H]2CC[C@@H](C)C(C)(O2)C(=O)C(=O)N2CCCC[C@H]2C(=O)O[C@H]([C@H](C)C[C@@H]2CC[C@@H](O[Si](C)(C)C(C)(C)C)[C@H](C)C2)CC(=O)[C@H](C)/C=C(\C)[C@@H](C)[C@@H](OC)C(=O)[C@H](C)C[C@H](C)/C=C/C=CC=C1C. The third-order valence-corrected chi connectivity index (χ3v) is 22.1. The number of fused-ring (bicyclic) bond motifs is 3. The van der Waals surface area contributed by atoms with Crippen molar-refractivity contribution in [2.45, 2.75) is 227 Å². The standard InChI is InChI=1S/C59H97NO10Si/c1-37-23-19-18-20-24-38(2)51(66-14)35-47-28-26-44(8)59(13,69-47)55(63)56(64)60-30-22-21-25-48(60)57(65)68-52(36-49(61)40(4)32-39(3)45(9)54(67-15)53(62)43(7)31-37)42(6)34-46-27-29-50(41(5)33-46)70-71(16,17)58(10,11)12/h18-20,23-24,32,37,40-48,50-52,54H,21-22,25-31,33-36H2,1-17H3/b20-18?,23-19+,38-24?,39-32+/t37-,40-,41-,42-,43-,44-,45-,46-,47+,48+,50-,51+,52+,54-,59?/m1/s1. The highest BCUT2D eigenvalue weighted by molar-refractivity contribution is 6.74. The summed E-state index contributed by atoms with van der Waals surface area (Å²) in [4.78, 5) is 73.6. The predicted octanol–water partition coefficient (Wildman–Crippen LogP) is 12.2. The maximum absolute atomic E-state index is 14.7. The minimum atomic E-state index is -1.96. The van der Waals surface area contributed by atoms with Gasteiger partial charge in [-0.2, -0.15) is 0 Å². The molecule has 1 unspecified atom stereocenters. The van der Waals surface area contributed by atoms with Gasteiger partial charge >= 0.3 is 5.97 Å². The summed E-state index contributed by atoms with van der Waals surface area (Å²) in [6, 6.07) is -0.967. The number of piperidine rings is 1. The van der Waals surface area contributed by atoms with Crippen LogP contribution >= 0.6 is 0 Å². The molecule has 4 aliphatic rings. The van der Waals surface area contributed by atoms with Crippen LogP contribution in [0.2, 0.25) is 18.1 Å². The second kappa shape index (κ2) is 26.4. The lowest BCUT2D eigenvalue weighted by Gasteiger charge is -2.44. The van der Waals surface area contributed by atoms with Crippen molar-refractivity contribution < 1.29 is 47.3 Å². The summed E-state index contributed by atoms with van der Waals surface area (Å²) in [6.07, 6.45) is 18.1. The fourth-order valence-electron chi connectivity index (χ4n) is 11.3. The highest BCUT2D eigenvalue weighted by atomic mass is 28.4. The highest BCUT2D eigenvalue weighted by Gasteiger charge is 2.51. The zero-order valence-electron chi connectivity index (χ0n) is 47.3. The molecule has 0 spiro atoms. The van der Waals surface area contributed by atoms with Crippen LogP contribution in [0.5, 0.6) is 0 Å². The molecule has 2 saturated heterocycles. The Morgan fingerprint density at radius 1 is 0.845 bits per heavy atom. The average molecular weight is 1010 g/mol. The van der Waals surface area contributed by atoms with E-state index in [9.17, 15) is 24.0 Å². The first-order valence-corrected chi connectivity index (χ1v) is 30.3. The number of nitrogens with zero attached hydrogens (tertiary/aromatic N) is 1. The van der Waals surface area contributed by atoms with Gasteiger partial charge in [0.25, 0.3) is 11.7 Å². The van der Waals surface area contributed by atoms with Crippen molar-refractivity contribution in [1.29, 1.82) is 0 Å². The predicted molar refractivity (Wildman–Crippen MR) is 286 cm³/mol. The Kier molecular flexibility index (Phi) is 22.5. The molecule has 3 fully saturated rings. The number of carbonyl (C=O) groups is 5. The number of methoxy groups -OCH3 is 2. The number of cyclic esters (lactones) is 1. The average Bonchev–Trinajstić information content (AvgIpc) is 3.30. The number of ketones is 3. The van der Waals surface area contributed by atoms with Crippen molar-refractivity contribution in [2.75, 3.05) is 20.8 Å². The normalized spacial score (nSPS) is 37.3. The number of allylic oxidation sites excluding steroid dienone is 6. The van der Waals surface area contributed by atoms with Crippen LogP contribution in [0, 0.1) is 47.3 Å². The first-order valence-electron chi connectivity index (χ1n) is 27.4. The Morgan fingerprint density at radius 2 is 1.54 bits per heavy atom. The quantitative estimate of drug-likeness (QED) is 0.105. The van der Waals surface area contributed by atoms with Gasteiger partial charge in [-0.3, -0.25) is 19.2 Å². The third kappa shape index (κ3) is 16.0. The van der Waals surface area contributed by atoms with Crippen molar-refractivity contribution in [3.63, 3.8) is 0 Å². The zero-order chi connectivity index (χ0) is 53.2. The topological polar surface area (TPSA) is 135 Å². The molecule has 0 radical (unpaired) electrons. The van der Waals surface area contributed by atoms with Gasteiger partial charge in [-0.05, 0) is 138 Å². The van der Waals surface area contributed by atoms with E-state index in [2.05, 4.69) is 60.7 Å². The number of carbonyl (C=O) groups excluding carboxylic acids is 5. The number of amides is 1. The summed E-state index contributed by atoms with van der Waals surface area (Å²) in [5, 5.41) is 0.116. The molecular formula is C59H97NO10Si. The molecular weight excluding hydrogens is 911 g/mol. The highest BCUT2D eigenvalue weighted by Crippen LogP contribution is 2.43. The molecule has 0 N–H and O–H groups in total. The van der Waals surface area contributed by atoms with Gasteiger partial charge in [0.15, 0.2) is 14.1 Å². The van der Waals surface area contributed by atoms with Crippen molar-refractivity contribution in [2.24, 2.45) is 47.3 Å². The summed E-state index contributed by atoms with van der Waals surface area (Å²) in [5.74, 6) is -2.61. The molecule has 3 heterocycles. The zero-order valence-corrected chi connectivity index (χ0v) is 48.3. The van der Waals surface area contributed by atoms with Gasteiger partial charge in [0.1, 0.15) is 29.6 Å². The molecule has 11 nitrogen and oxygen atoms in total. The van der Waals surface area contributed by atoms with Gasteiger partial charge in [0.05, 0.1) is 12.2 Å². The number of Topliss-reactive ketones (excluding diaryl/α,β-unsaturated/α-hetero) is 3. The third-order valence-electron chi connectivity index (χ3n) is 17.6. The summed E-state index contributed by atoms with van der Waals surface area (Å²) in [6.45, 7) is 31.6. The Balaban J connectivity index is 1.69. The molecule has 71 heavy (non-hydrogen) atoms. The lowest BCUT2D eigenvalue weighted by molar-refractivity contribution is -0.184. The van der Waals surface area contributed by atoms with Crippen LogP contribution < -0.4 is 0 Å². The molecule has 4 rings (SSSR count). The summed E-state index contributed by atoms with van der Waals surface area (Å²) < 4.78 is 31.9.